The Morgan fingerprint density at radius 3 is 2.45 bits per heavy atom. The maximum Gasteiger partial charge on any atom is 0.433 e. The Kier molecular flexibility index (Phi) is 8.94. The summed E-state index contributed by atoms with van der Waals surface area (Å²) < 4.78 is 81.3. The summed E-state index contributed by atoms with van der Waals surface area (Å²) in [4.78, 5) is 28.3. The molecule has 15 heteroatoms. The Labute approximate surface area is 240 Å². The third kappa shape index (κ3) is 6.13. The number of carbonyl (C=O) groups excluding carboxylic acids is 2. The highest BCUT2D eigenvalue weighted by Gasteiger charge is 2.52. The van der Waals surface area contributed by atoms with Crippen molar-refractivity contribution in [3.63, 3.8) is 0 Å². The van der Waals surface area contributed by atoms with Gasteiger partial charge in [-0.15, -0.1) is 0 Å². The molecular formula is C27H32F3N5O6S. The Bertz CT molecular complexity index is 1580. The van der Waals surface area contributed by atoms with Crippen LogP contribution < -0.4 is 10.1 Å². The van der Waals surface area contributed by atoms with Crippen molar-refractivity contribution >= 4 is 38.4 Å². The van der Waals surface area contributed by atoms with Gasteiger partial charge in [0.1, 0.15) is 17.1 Å². The number of pyridine rings is 1. The van der Waals surface area contributed by atoms with Crippen LogP contribution in [0.4, 0.5) is 18.9 Å². The number of piperidine rings is 1. The van der Waals surface area contributed by atoms with Gasteiger partial charge in [0.15, 0.2) is 5.78 Å². The van der Waals surface area contributed by atoms with Gasteiger partial charge in [0.2, 0.25) is 4.87 Å². The molecule has 3 heterocycles. The van der Waals surface area contributed by atoms with E-state index in [-0.39, 0.29) is 37.0 Å². The molecule has 4 rings (SSSR count). The summed E-state index contributed by atoms with van der Waals surface area (Å²) in [6, 6.07) is 6.06. The number of nitrogens with one attached hydrogen (secondary N) is 1. The molecule has 1 amide bonds. The highest BCUT2D eigenvalue weighted by molar-refractivity contribution is 7.88. The fraction of sp³-hybridized carbons (Fsp3) is 0.481. The van der Waals surface area contributed by atoms with E-state index in [0.29, 0.717) is 36.6 Å². The van der Waals surface area contributed by atoms with Crippen LogP contribution in [0.25, 0.3) is 10.9 Å². The number of hydrogen-bond acceptors (Lipinski definition) is 8. The molecule has 1 atom stereocenters. The predicted octanol–water partition coefficient (Wildman–Crippen LogP) is 4.71. The molecule has 2 N–H and O–H groups in total. The second-order valence-electron chi connectivity index (χ2n) is 10.2. The average Bonchev–Trinajstić information content (AvgIpc) is 3.35. The molecule has 0 spiro atoms. The highest BCUT2D eigenvalue weighted by Crippen LogP contribution is 2.36. The number of unbranched alkanes of at least 4 members (excludes halogenated alkanes) is 1. The molecule has 0 aliphatic carbocycles. The molecule has 1 aliphatic heterocycles. The molecule has 228 valence electrons. The van der Waals surface area contributed by atoms with Gasteiger partial charge in [-0.25, -0.2) is 4.98 Å². The lowest BCUT2D eigenvalue weighted by Crippen LogP contribution is -2.61. The van der Waals surface area contributed by atoms with Crippen LogP contribution in [0.5, 0.6) is 5.75 Å². The summed E-state index contributed by atoms with van der Waals surface area (Å²) >= 11 is 0. The lowest BCUT2D eigenvalue weighted by atomic mass is 9.98. The van der Waals surface area contributed by atoms with Crippen molar-refractivity contribution in [3.05, 3.63) is 47.9 Å². The van der Waals surface area contributed by atoms with Crippen molar-refractivity contribution in [1.82, 2.24) is 19.7 Å². The molecule has 1 fully saturated rings. The number of carbonyl (C=O) groups is 2. The van der Waals surface area contributed by atoms with E-state index >= 15 is 0 Å². The Morgan fingerprint density at radius 2 is 1.88 bits per heavy atom. The summed E-state index contributed by atoms with van der Waals surface area (Å²) in [5.41, 5.74) is -0.866. The first-order valence-electron chi connectivity index (χ1n) is 13.4. The minimum absolute atomic E-state index is 0.00169. The number of aromatic nitrogens is 3. The van der Waals surface area contributed by atoms with Crippen molar-refractivity contribution in [2.75, 3.05) is 25.5 Å². The number of methoxy groups -OCH3 is 1. The fourth-order valence-electron chi connectivity index (χ4n) is 5.37. The standard InChI is InChI=1S/C27H32F3N5O6S/c1-4-5-11-26(17(2)36,42(38,39)40)34-12-9-19(10-13-34)35-16-18-14-22(23(41-3)15-21(18)33-35)32-25(37)20-7-6-8-24(31-20)27(28,29)30/h6-8,14-16,19H,4-5,9-13H2,1-3H3,(H,32,37)(H,38,39,40). The summed E-state index contributed by atoms with van der Waals surface area (Å²) in [7, 11) is -3.33. The number of fused-ring (bicyclic) bond motifs is 1. The molecule has 1 unspecified atom stereocenters. The van der Waals surface area contributed by atoms with Crippen molar-refractivity contribution in [2.24, 2.45) is 0 Å². The van der Waals surface area contributed by atoms with Crippen LogP contribution in [0.2, 0.25) is 0 Å². The highest BCUT2D eigenvalue weighted by atomic mass is 32.2. The van der Waals surface area contributed by atoms with E-state index in [0.717, 1.165) is 12.1 Å². The number of ketones is 1. The van der Waals surface area contributed by atoms with Gasteiger partial charge in [-0.05, 0) is 44.4 Å². The number of Topliss-reactive ketones (excluding diaryl/α,β-unsaturated/α-hetero) is 1. The van der Waals surface area contributed by atoms with Gasteiger partial charge in [-0.1, -0.05) is 25.8 Å². The van der Waals surface area contributed by atoms with E-state index in [1.807, 2.05) is 6.92 Å². The smallest absolute Gasteiger partial charge is 0.433 e. The fourth-order valence-corrected chi connectivity index (χ4v) is 6.64. The number of hydrogen-bond donors (Lipinski definition) is 2. The number of rotatable bonds is 10. The number of anilines is 1. The molecule has 0 radical (unpaired) electrons. The van der Waals surface area contributed by atoms with Crippen LogP contribution in [-0.2, 0) is 21.1 Å². The second kappa shape index (κ2) is 12.0. The molecule has 3 aromatic rings. The lowest BCUT2D eigenvalue weighted by molar-refractivity contribution is -0.141. The first-order valence-corrected chi connectivity index (χ1v) is 14.8. The predicted molar refractivity (Wildman–Crippen MR) is 148 cm³/mol. The van der Waals surface area contributed by atoms with Gasteiger partial charge in [0.25, 0.3) is 16.0 Å². The first kappa shape index (κ1) is 31.4. The van der Waals surface area contributed by atoms with Crippen LogP contribution in [0.1, 0.15) is 68.2 Å². The van der Waals surface area contributed by atoms with Gasteiger partial charge >= 0.3 is 6.18 Å². The topological polar surface area (TPSA) is 144 Å². The zero-order valence-electron chi connectivity index (χ0n) is 23.3. The molecule has 2 aromatic heterocycles. The Morgan fingerprint density at radius 1 is 1.19 bits per heavy atom. The van der Waals surface area contributed by atoms with E-state index in [1.54, 1.807) is 27.9 Å². The number of likely N-dealkylation sites (tertiary alicyclic amines) is 1. The first-order chi connectivity index (χ1) is 19.7. The largest absolute Gasteiger partial charge is 0.494 e. The number of ether oxygens (including phenoxy) is 1. The maximum atomic E-state index is 13.0. The minimum atomic E-state index is -4.71. The van der Waals surface area contributed by atoms with Crippen molar-refractivity contribution in [3.8, 4) is 5.75 Å². The number of amides is 1. The molecular weight excluding hydrogens is 579 g/mol. The average molecular weight is 612 g/mol. The zero-order valence-corrected chi connectivity index (χ0v) is 24.1. The van der Waals surface area contributed by atoms with Gasteiger partial charge < -0.3 is 10.1 Å². The molecule has 1 saturated heterocycles. The van der Waals surface area contributed by atoms with E-state index < -0.39 is 44.2 Å². The van der Waals surface area contributed by atoms with E-state index in [9.17, 15) is 35.7 Å². The van der Waals surface area contributed by atoms with Crippen LogP contribution in [0.3, 0.4) is 0 Å². The lowest BCUT2D eigenvalue weighted by Gasteiger charge is -2.43. The van der Waals surface area contributed by atoms with E-state index in [4.69, 9.17) is 4.74 Å². The van der Waals surface area contributed by atoms with Crippen LogP contribution >= 0.6 is 0 Å². The molecule has 0 saturated carbocycles. The van der Waals surface area contributed by atoms with Crippen LogP contribution in [0.15, 0.2) is 36.5 Å². The Balaban J connectivity index is 1.55. The monoisotopic (exact) mass is 611 g/mol. The van der Waals surface area contributed by atoms with Gasteiger partial charge in [0, 0.05) is 30.7 Å². The third-order valence-corrected chi connectivity index (χ3v) is 9.16. The van der Waals surface area contributed by atoms with Gasteiger partial charge in [-0.3, -0.25) is 23.7 Å². The van der Waals surface area contributed by atoms with Crippen LogP contribution in [0, 0.1) is 0 Å². The Hall–Kier alpha value is -3.56. The number of halogens is 3. The quantitative estimate of drug-likeness (QED) is 0.312. The van der Waals surface area contributed by atoms with E-state index in [2.05, 4.69) is 15.4 Å². The molecule has 11 nitrogen and oxygen atoms in total. The number of nitrogens with zero attached hydrogens (tertiary/aromatic N) is 4. The number of benzene rings is 1. The number of alkyl halides is 3. The molecule has 0 bridgehead atoms. The van der Waals surface area contributed by atoms with Crippen molar-refractivity contribution in [1.29, 1.82) is 0 Å². The summed E-state index contributed by atoms with van der Waals surface area (Å²) in [5, 5.41) is 7.78. The third-order valence-electron chi connectivity index (χ3n) is 7.56. The molecule has 1 aromatic carbocycles. The van der Waals surface area contributed by atoms with Gasteiger partial charge in [-0.2, -0.15) is 26.7 Å². The second-order valence-corrected chi connectivity index (χ2v) is 11.8. The molecule has 1 aliphatic rings. The maximum absolute atomic E-state index is 13.0. The van der Waals surface area contributed by atoms with Crippen LogP contribution in [-0.4, -0.2) is 69.4 Å². The van der Waals surface area contributed by atoms with Gasteiger partial charge in [0.05, 0.1) is 24.4 Å². The van der Waals surface area contributed by atoms with E-state index in [1.165, 1.54) is 20.1 Å². The zero-order chi connectivity index (χ0) is 30.9. The van der Waals surface area contributed by atoms with Crippen molar-refractivity contribution in [2.45, 2.75) is 63.0 Å². The summed E-state index contributed by atoms with van der Waals surface area (Å²) in [5.74, 6) is -1.24. The van der Waals surface area contributed by atoms with Crippen molar-refractivity contribution < 1.29 is 40.5 Å². The SMILES string of the molecule is CCCCC(C(C)=O)(N1CCC(n2cc3cc(NC(=O)c4cccc(C(F)(F)F)n4)c(OC)cc3n2)CC1)S(=O)(=O)O. The molecule has 42 heavy (non-hydrogen) atoms. The summed E-state index contributed by atoms with van der Waals surface area (Å²) in [6.07, 6.45) is -0.951. The minimum Gasteiger partial charge on any atom is -0.494 e. The normalized spacial score (nSPS) is 16.7. The summed E-state index contributed by atoms with van der Waals surface area (Å²) in [6.45, 7) is 3.53.